The number of benzene rings is 1. The van der Waals surface area contributed by atoms with Crippen molar-refractivity contribution in [1.29, 1.82) is 0 Å². The van der Waals surface area contributed by atoms with Crippen LogP contribution in [0.2, 0.25) is 5.02 Å². The average molecular weight is 409 g/mol. The summed E-state index contributed by atoms with van der Waals surface area (Å²) in [6.45, 7) is 4.58. The molecular weight excluding hydrogens is 384 g/mol. The SMILES string of the molecule is Cn1cc(CN2CCN([C@@H]3CCS(=O)(=O)C3)CC2)c(-c2cccc(Cl)c2)n1. The molecule has 0 bridgehead atoms. The maximum atomic E-state index is 11.7. The van der Waals surface area contributed by atoms with Crippen LogP contribution in [0.3, 0.4) is 0 Å². The monoisotopic (exact) mass is 408 g/mol. The molecule has 2 aromatic rings. The average Bonchev–Trinajstić information content (AvgIpc) is 3.17. The van der Waals surface area contributed by atoms with Crippen LogP contribution in [-0.2, 0) is 23.4 Å². The molecule has 2 saturated heterocycles. The lowest BCUT2D eigenvalue weighted by atomic mass is 10.1. The number of rotatable bonds is 4. The van der Waals surface area contributed by atoms with Crippen LogP contribution >= 0.6 is 11.6 Å². The number of nitrogens with zero attached hydrogens (tertiary/aromatic N) is 4. The Morgan fingerprint density at radius 2 is 2.00 bits per heavy atom. The van der Waals surface area contributed by atoms with Crippen molar-refractivity contribution >= 4 is 21.4 Å². The van der Waals surface area contributed by atoms with Crippen LogP contribution in [0.4, 0.5) is 0 Å². The summed E-state index contributed by atoms with van der Waals surface area (Å²) in [4.78, 5) is 4.77. The highest BCUT2D eigenvalue weighted by Gasteiger charge is 2.33. The van der Waals surface area contributed by atoms with Gasteiger partial charge in [-0.2, -0.15) is 5.10 Å². The number of hydrogen-bond acceptors (Lipinski definition) is 5. The summed E-state index contributed by atoms with van der Waals surface area (Å²) in [5, 5.41) is 5.35. The molecular formula is C19H25ClN4O2S. The van der Waals surface area contributed by atoms with E-state index in [1.54, 1.807) is 0 Å². The summed E-state index contributed by atoms with van der Waals surface area (Å²) >= 11 is 6.15. The largest absolute Gasteiger partial charge is 0.297 e. The number of halogens is 1. The molecule has 0 aliphatic carbocycles. The number of aromatic nitrogens is 2. The van der Waals surface area contributed by atoms with Gasteiger partial charge in [0.25, 0.3) is 0 Å². The van der Waals surface area contributed by atoms with Crippen molar-refractivity contribution in [1.82, 2.24) is 19.6 Å². The van der Waals surface area contributed by atoms with Crippen LogP contribution in [0.15, 0.2) is 30.5 Å². The highest BCUT2D eigenvalue weighted by molar-refractivity contribution is 7.91. The Bertz CT molecular complexity index is 920. The second kappa shape index (κ2) is 7.54. The fourth-order valence-electron chi connectivity index (χ4n) is 4.12. The molecule has 0 spiro atoms. The Kier molecular flexibility index (Phi) is 5.29. The topological polar surface area (TPSA) is 58.4 Å². The second-order valence-electron chi connectivity index (χ2n) is 7.56. The molecule has 0 unspecified atom stereocenters. The minimum Gasteiger partial charge on any atom is -0.297 e. The van der Waals surface area contributed by atoms with Gasteiger partial charge in [0.15, 0.2) is 9.84 Å². The quantitative estimate of drug-likeness (QED) is 0.774. The summed E-state index contributed by atoms with van der Waals surface area (Å²) < 4.78 is 25.3. The van der Waals surface area contributed by atoms with Crippen LogP contribution in [-0.4, -0.2) is 71.7 Å². The van der Waals surface area contributed by atoms with E-state index in [1.807, 2.05) is 36.0 Å². The van der Waals surface area contributed by atoms with Gasteiger partial charge in [0.05, 0.1) is 17.2 Å². The molecule has 6 nitrogen and oxygen atoms in total. The van der Waals surface area contributed by atoms with E-state index in [-0.39, 0.29) is 6.04 Å². The first-order valence-electron chi connectivity index (χ1n) is 9.35. The Labute approximate surface area is 165 Å². The van der Waals surface area contributed by atoms with Gasteiger partial charge in [-0.25, -0.2) is 8.42 Å². The van der Waals surface area contributed by atoms with Gasteiger partial charge in [-0.05, 0) is 18.6 Å². The molecule has 2 fully saturated rings. The van der Waals surface area contributed by atoms with Crippen molar-refractivity contribution in [3.63, 3.8) is 0 Å². The smallest absolute Gasteiger partial charge is 0.151 e. The molecule has 0 N–H and O–H groups in total. The second-order valence-corrected chi connectivity index (χ2v) is 10.2. The summed E-state index contributed by atoms with van der Waals surface area (Å²) in [5.74, 6) is 0.672. The van der Waals surface area contributed by atoms with Crippen molar-refractivity contribution in [3.8, 4) is 11.3 Å². The fraction of sp³-hybridized carbons (Fsp3) is 0.526. The Hall–Kier alpha value is -1.41. The summed E-state index contributed by atoms with van der Waals surface area (Å²) in [6, 6.07) is 8.01. The van der Waals surface area contributed by atoms with Crippen LogP contribution in [0.5, 0.6) is 0 Å². The van der Waals surface area contributed by atoms with Crippen molar-refractivity contribution < 1.29 is 8.42 Å². The third-order valence-electron chi connectivity index (χ3n) is 5.53. The summed E-state index contributed by atoms with van der Waals surface area (Å²) in [5.41, 5.74) is 3.20. The first-order valence-corrected chi connectivity index (χ1v) is 11.5. The lowest BCUT2D eigenvalue weighted by Gasteiger charge is -2.37. The normalized spacial score (nSPS) is 23.7. The van der Waals surface area contributed by atoms with E-state index < -0.39 is 9.84 Å². The van der Waals surface area contributed by atoms with E-state index in [1.165, 1.54) is 5.56 Å². The van der Waals surface area contributed by atoms with E-state index >= 15 is 0 Å². The van der Waals surface area contributed by atoms with E-state index in [9.17, 15) is 8.42 Å². The zero-order valence-corrected chi connectivity index (χ0v) is 17.1. The summed E-state index contributed by atoms with van der Waals surface area (Å²) in [6.07, 6.45) is 2.86. The zero-order valence-electron chi connectivity index (χ0n) is 15.5. The molecule has 0 saturated carbocycles. The van der Waals surface area contributed by atoms with Gasteiger partial charge >= 0.3 is 0 Å². The Balaban J connectivity index is 1.41. The maximum Gasteiger partial charge on any atom is 0.151 e. The van der Waals surface area contributed by atoms with Gasteiger partial charge < -0.3 is 0 Å². The molecule has 3 heterocycles. The number of hydrogen-bond donors (Lipinski definition) is 0. The third kappa shape index (κ3) is 4.37. The van der Waals surface area contributed by atoms with Gasteiger partial charge in [-0.1, -0.05) is 23.7 Å². The zero-order chi connectivity index (χ0) is 19.0. The number of piperazine rings is 1. The van der Waals surface area contributed by atoms with Crippen molar-refractivity contribution in [2.45, 2.75) is 19.0 Å². The van der Waals surface area contributed by atoms with Gasteiger partial charge in [0, 0.05) is 68.2 Å². The molecule has 27 heavy (non-hydrogen) atoms. The predicted molar refractivity (Wildman–Crippen MR) is 108 cm³/mol. The molecule has 2 aliphatic heterocycles. The Morgan fingerprint density at radius 3 is 2.67 bits per heavy atom. The Morgan fingerprint density at radius 1 is 1.22 bits per heavy atom. The fourth-order valence-corrected chi connectivity index (χ4v) is 6.07. The van der Waals surface area contributed by atoms with Crippen molar-refractivity contribution in [2.24, 2.45) is 7.05 Å². The van der Waals surface area contributed by atoms with Gasteiger partial charge in [0.2, 0.25) is 0 Å². The van der Waals surface area contributed by atoms with E-state index in [0.717, 1.165) is 50.4 Å². The standard InChI is InChI=1S/C19H25ClN4O2S/c1-22-12-16(19(21-22)15-3-2-4-17(20)11-15)13-23-6-8-24(9-7-23)18-5-10-27(25,26)14-18/h2-4,11-12,18H,5-10,13-14H2,1H3/t18-/m1/s1. The van der Waals surface area contributed by atoms with E-state index in [2.05, 4.69) is 21.1 Å². The third-order valence-corrected chi connectivity index (χ3v) is 7.51. The van der Waals surface area contributed by atoms with Gasteiger partial charge in [-0.3, -0.25) is 14.5 Å². The maximum absolute atomic E-state index is 11.7. The van der Waals surface area contributed by atoms with E-state index in [4.69, 9.17) is 11.6 Å². The molecule has 8 heteroatoms. The molecule has 0 amide bonds. The number of sulfone groups is 1. The number of aryl methyl sites for hydroxylation is 1. The minimum absolute atomic E-state index is 0.206. The molecule has 2 aliphatic rings. The summed E-state index contributed by atoms with van der Waals surface area (Å²) in [7, 11) is -0.880. The van der Waals surface area contributed by atoms with Crippen LogP contribution < -0.4 is 0 Å². The lowest BCUT2D eigenvalue weighted by Crippen LogP contribution is -2.50. The molecule has 146 valence electrons. The highest BCUT2D eigenvalue weighted by Crippen LogP contribution is 2.26. The predicted octanol–water partition coefficient (Wildman–Crippen LogP) is 2.05. The van der Waals surface area contributed by atoms with Crippen molar-refractivity contribution in [2.75, 3.05) is 37.7 Å². The van der Waals surface area contributed by atoms with Crippen LogP contribution in [0, 0.1) is 0 Å². The highest BCUT2D eigenvalue weighted by atomic mass is 35.5. The van der Waals surface area contributed by atoms with Crippen LogP contribution in [0.1, 0.15) is 12.0 Å². The first kappa shape index (κ1) is 18.9. The first-order chi connectivity index (χ1) is 12.9. The lowest BCUT2D eigenvalue weighted by molar-refractivity contribution is 0.100. The molecule has 4 rings (SSSR count). The van der Waals surface area contributed by atoms with E-state index in [0.29, 0.717) is 16.5 Å². The van der Waals surface area contributed by atoms with Crippen molar-refractivity contribution in [3.05, 3.63) is 41.0 Å². The molecule has 1 aromatic heterocycles. The van der Waals surface area contributed by atoms with Crippen LogP contribution in [0.25, 0.3) is 11.3 Å². The van der Waals surface area contributed by atoms with Gasteiger partial charge in [-0.15, -0.1) is 0 Å². The van der Waals surface area contributed by atoms with Gasteiger partial charge in [0.1, 0.15) is 0 Å². The molecule has 1 aromatic carbocycles. The minimum atomic E-state index is -2.82. The molecule has 0 radical (unpaired) electrons. The molecule has 1 atom stereocenters.